The highest BCUT2D eigenvalue weighted by Crippen LogP contribution is 2.30. The third-order valence-corrected chi connectivity index (χ3v) is 4.64. The molecule has 6 heteroatoms. The lowest BCUT2D eigenvalue weighted by Crippen LogP contribution is -2.34. The lowest BCUT2D eigenvalue weighted by molar-refractivity contribution is 0.0768. The first-order chi connectivity index (χ1) is 9.70. The Balaban J connectivity index is 1.91. The maximum atomic E-state index is 5.51. The van der Waals surface area contributed by atoms with Crippen molar-refractivity contribution >= 4 is 11.3 Å². The van der Waals surface area contributed by atoms with E-state index in [9.17, 15) is 0 Å². The molecule has 1 fully saturated rings. The number of hydrogen-bond donors (Lipinski definition) is 1. The minimum atomic E-state index is 0.226. The van der Waals surface area contributed by atoms with E-state index in [4.69, 9.17) is 9.72 Å². The minimum absolute atomic E-state index is 0.226. The lowest BCUT2D eigenvalue weighted by Gasteiger charge is -2.21. The van der Waals surface area contributed by atoms with Crippen LogP contribution < -0.4 is 5.32 Å². The highest BCUT2D eigenvalue weighted by Gasteiger charge is 2.21. The molecule has 0 radical (unpaired) electrons. The molecule has 108 valence electrons. The molecule has 2 aromatic heterocycles. The molecule has 1 unspecified atom stereocenters. The Labute approximate surface area is 123 Å². The van der Waals surface area contributed by atoms with Crippen LogP contribution in [0.1, 0.15) is 29.4 Å². The molecule has 2 aromatic rings. The Kier molecular flexibility index (Phi) is 3.87. The fourth-order valence-corrected chi connectivity index (χ4v) is 3.53. The first-order valence-electron chi connectivity index (χ1n) is 7.01. The van der Waals surface area contributed by atoms with E-state index < -0.39 is 0 Å². The van der Waals surface area contributed by atoms with Crippen LogP contribution in [0.4, 0.5) is 0 Å². The highest BCUT2D eigenvalue weighted by molar-refractivity contribution is 7.10. The maximum absolute atomic E-state index is 5.51. The van der Waals surface area contributed by atoms with Gasteiger partial charge in [-0.2, -0.15) is 5.10 Å². The quantitative estimate of drug-likeness (QED) is 0.943. The fourth-order valence-electron chi connectivity index (χ4n) is 2.66. The van der Waals surface area contributed by atoms with Gasteiger partial charge in [0.1, 0.15) is 5.01 Å². The van der Waals surface area contributed by atoms with Crippen LogP contribution in [0.25, 0.3) is 11.3 Å². The van der Waals surface area contributed by atoms with Gasteiger partial charge in [0, 0.05) is 29.7 Å². The van der Waals surface area contributed by atoms with Gasteiger partial charge in [-0.15, -0.1) is 11.3 Å². The highest BCUT2D eigenvalue weighted by atomic mass is 32.1. The van der Waals surface area contributed by atoms with E-state index in [2.05, 4.69) is 36.6 Å². The summed E-state index contributed by atoms with van der Waals surface area (Å²) in [7, 11) is 0. The average Bonchev–Trinajstić information content (AvgIpc) is 3.04. The maximum Gasteiger partial charge on any atom is 0.113 e. The van der Waals surface area contributed by atoms with Crippen LogP contribution >= 0.6 is 11.3 Å². The second-order valence-electron chi connectivity index (χ2n) is 5.01. The van der Waals surface area contributed by atoms with Gasteiger partial charge >= 0.3 is 0 Å². The van der Waals surface area contributed by atoms with E-state index >= 15 is 0 Å². The molecule has 1 atom stereocenters. The molecule has 1 N–H and O–H groups in total. The monoisotopic (exact) mass is 292 g/mol. The van der Waals surface area contributed by atoms with Crippen molar-refractivity contribution in [3.8, 4) is 11.3 Å². The third-order valence-electron chi connectivity index (χ3n) is 3.68. The summed E-state index contributed by atoms with van der Waals surface area (Å²) in [6.45, 7) is 9.55. The first-order valence-corrected chi connectivity index (χ1v) is 7.89. The fraction of sp³-hybridized carbons (Fsp3) is 0.571. The Morgan fingerprint density at radius 3 is 3.00 bits per heavy atom. The molecular formula is C14H20N4OS. The molecule has 0 spiro atoms. The number of hydrogen-bond acceptors (Lipinski definition) is 5. The summed E-state index contributed by atoms with van der Waals surface area (Å²) in [5.74, 6) is 0. The molecule has 20 heavy (non-hydrogen) atoms. The van der Waals surface area contributed by atoms with Crippen molar-refractivity contribution in [2.75, 3.05) is 19.8 Å². The molecule has 5 nitrogen and oxygen atoms in total. The Hall–Kier alpha value is -1.24. The van der Waals surface area contributed by atoms with Gasteiger partial charge in [-0.05, 0) is 20.8 Å². The van der Waals surface area contributed by atoms with Crippen LogP contribution in [-0.2, 0) is 11.3 Å². The predicted octanol–water partition coefficient (Wildman–Crippen LogP) is 2.30. The molecule has 1 aliphatic rings. The number of thiazole rings is 1. The normalized spacial score (nSPS) is 19.4. The number of nitrogens with zero attached hydrogens (tertiary/aromatic N) is 3. The summed E-state index contributed by atoms with van der Waals surface area (Å²) in [5.41, 5.74) is 4.45. The standard InChI is InChI=1S/C14H20N4OS/c1-4-18-10(3)13(9(2)17-18)12-8-20-14(16-12)11-7-19-6-5-15-11/h8,11,15H,4-7H2,1-3H3. The Morgan fingerprint density at radius 1 is 1.50 bits per heavy atom. The smallest absolute Gasteiger partial charge is 0.113 e. The number of aromatic nitrogens is 3. The summed E-state index contributed by atoms with van der Waals surface area (Å²) in [4.78, 5) is 4.80. The molecule has 0 amide bonds. The number of ether oxygens (including phenoxy) is 1. The Bertz CT molecular complexity index is 598. The van der Waals surface area contributed by atoms with Crippen LogP contribution in [0, 0.1) is 13.8 Å². The number of aryl methyl sites for hydroxylation is 2. The number of morpholine rings is 1. The van der Waals surface area contributed by atoms with Gasteiger partial charge in [0.15, 0.2) is 0 Å². The second kappa shape index (κ2) is 5.63. The third kappa shape index (κ3) is 2.39. The van der Waals surface area contributed by atoms with Crippen molar-refractivity contribution in [2.45, 2.75) is 33.4 Å². The largest absolute Gasteiger partial charge is 0.378 e. The van der Waals surface area contributed by atoms with E-state index in [1.165, 1.54) is 11.3 Å². The minimum Gasteiger partial charge on any atom is -0.378 e. The zero-order chi connectivity index (χ0) is 14.1. The van der Waals surface area contributed by atoms with E-state index in [-0.39, 0.29) is 6.04 Å². The molecule has 0 aliphatic carbocycles. The summed E-state index contributed by atoms with van der Waals surface area (Å²) in [6, 6.07) is 0.226. The van der Waals surface area contributed by atoms with Crippen LogP contribution in [0.2, 0.25) is 0 Å². The van der Waals surface area contributed by atoms with Crippen LogP contribution in [0.5, 0.6) is 0 Å². The summed E-state index contributed by atoms with van der Waals surface area (Å²) >= 11 is 1.69. The predicted molar refractivity (Wildman–Crippen MR) is 80.0 cm³/mol. The molecule has 3 heterocycles. The summed E-state index contributed by atoms with van der Waals surface area (Å²) in [5, 5.41) is 11.2. The van der Waals surface area contributed by atoms with Crippen molar-refractivity contribution in [2.24, 2.45) is 0 Å². The molecule has 0 bridgehead atoms. The Morgan fingerprint density at radius 2 is 2.35 bits per heavy atom. The van der Waals surface area contributed by atoms with Gasteiger partial charge in [-0.3, -0.25) is 4.68 Å². The van der Waals surface area contributed by atoms with Crippen LogP contribution in [-0.4, -0.2) is 34.5 Å². The van der Waals surface area contributed by atoms with Crippen molar-refractivity contribution in [1.29, 1.82) is 0 Å². The van der Waals surface area contributed by atoms with Gasteiger partial charge in [0.2, 0.25) is 0 Å². The summed E-state index contributed by atoms with van der Waals surface area (Å²) in [6.07, 6.45) is 0. The lowest BCUT2D eigenvalue weighted by atomic mass is 10.1. The van der Waals surface area contributed by atoms with Gasteiger partial charge in [-0.1, -0.05) is 0 Å². The van der Waals surface area contributed by atoms with E-state index in [0.717, 1.165) is 36.1 Å². The number of nitrogens with one attached hydrogen (secondary N) is 1. The summed E-state index contributed by atoms with van der Waals surface area (Å²) < 4.78 is 7.54. The van der Waals surface area contributed by atoms with E-state index in [0.29, 0.717) is 6.61 Å². The molecule has 0 aromatic carbocycles. The molecule has 1 saturated heterocycles. The van der Waals surface area contributed by atoms with Gasteiger partial charge < -0.3 is 10.1 Å². The average molecular weight is 292 g/mol. The van der Waals surface area contributed by atoms with Crippen molar-refractivity contribution in [3.05, 3.63) is 21.8 Å². The van der Waals surface area contributed by atoms with Gasteiger partial charge in [-0.25, -0.2) is 4.98 Å². The van der Waals surface area contributed by atoms with E-state index in [1.54, 1.807) is 11.3 Å². The zero-order valence-electron chi connectivity index (χ0n) is 12.1. The van der Waals surface area contributed by atoms with Gasteiger partial charge in [0.05, 0.1) is 30.6 Å². The van der Waals surface area contributed by atoms with Crippen molar-refractivity contribution in [3.63, 3.8) is 0 Å². The van der Waals surface area contributed by atoms with Crippen LogP contribution in [0.3, 0.4) is 0 Å². The van der Waals surface area contributed by atoms with Gasteiger partial charge in [0.25, 0.3) is 0 Å². The van der Waals surface area contributed by atoms with E-state index in [1.807, 2.05) is 4.68 Å². The first kappa shape index (κ1) is 13.7. The molecule has 0 saturated carbocycles. The molecular weight excluding hydrogens is 272 g/mol. The molecule has 1 aliphatic heterocycles. The zero-order valence-corrected chi connectivity index (χ0v) is 13.0. The number of rotatable bonds is 3. The molecule has 3 rings (SSSR count). The SMILES string of the molecule is CCn1nc(C)c(-c2csc(C3COCCN3)n2)c1C. The van der Waals surface area contributed by atoms with Crippen molar-refractivity contribution < 1.29 is 4.74 Å². The van der Waals surface area contributed by atoms with Crippen LogP contribution in [0.15, 0.2) is 5.38 Å². The van der Waals surface area contributed by atoms with Crippen molar-refractivity contribution in [1.82, 2.24) is 20.1 Å². The second-order valence-corrected chi connectivity index (χ2v) is 5.90. The topological polar surface area (TPSA) is 52.0 Å².